The van der Waals surface area contributed by atoms with E-state index in [1.165, 1.54) is 13.2 Å². The van der Waals surface area contributed by atoms with E-state index in [0.717, 1.165) is 18.2 Å². The maximum atomic E-state index is 10.8. The van der Waals surface area contributed by atoms with Crippen LogP contribution >= 0.6 is 0 Å². The van der Waals surface area contributed by atoms with Gasteiger partial charge >= 0.3 is 11.7 Å². The quantitative estimate of drug-likeness (QED) is 0.491. The van der Waals surface area contributed by atoms with Crippen LogP contribution in [0.25, 0.3) is 6.08 Å². The molecule has 92 valence electrons. The highest BCUT2D eigenvalue weighted by Gasteiger charge is 2.20. The van der Waals surface area contributed by atoms with E-state index in [2.05, 4.69) is 0 Å². The second-order valence-electron chi connectivity index (χ2n) is 3.12. The first-order chi connectivity index (χ1) is 8.51. The zero-order valence-corrected chi connectivity index (χ0v) is 9.28. The van der Waals surface area contributed by atoms with Crippen LogP contribution in [0.15, 0.2) is 18.2 Å². The molecule has 0 bridgehead atoms. The summed E-state index contributed by atoms with van der Waals surface area (Å²) in [6.07, 6.45) is 1.87. The lowest BCUT2D eigenvalue weighted by atomic mass is 10.1. The van der Waals surface area contributed by atoms with Gasteiger partial charge in [-0.15, -0.1) is 0 Å². The molecular formula is C11H8N2O5. The van der Waals surface area contributed by atoms with Gasteiger partial charge in [0.15, 0.2) is 0 Å². The highest BCUT2D eigenvalue weighted by Crippen LogP contribution is 2.33. The van der Waals surface area contributed by atoms with Crippen molar-refractivity contribution in [2.45, 2.75) is 0 Å². The Labute approximate surface area is 102 Å². The number of ether oxygens (including phenoxy) is 1. The Morgan fingerprint density at radius 3 is 2.72 bits per heavy atom. The van der Waals surface area contributed by atoms with Crippen molar-refractivity contribution < 1.29 is 19.6 Å². The van der Waals surface area contributed by atoms with Crippen LogP contribution < -0.4 is 4.74 Å². The zero-order chi connectivity index (χ0) is 13.7. The van der Waals surface area contributed by atoms with Crippen molar-refractivity contribution >= 4 is 17.7 Å². The number of carboxylic acids is 1. The number of nitriles is 1. The molecule has 0 aliphatic rings. The molecule has 1 rings (SSSR count). The highest BCUT2D eigenvalue weighted by atomic mass is 16.6. The monoisotopic (exact) mass is 248 g/mol. The van der Waals surface area contributed by atoms with Gasteiger partial charge in [0.2, 0.25) is 5.75 Å². The summed E-state index contributed by atoms with van der Waals surface area (Å²) < 4.78 is 4.88. The number of nitro groups is 1. The first-order valence-corrected chi connectivity index (χ1v) is 4.67. The van der Waals surface area contributed by atoms with E-state index in [1.54, 1.807) is 0 Å². The highest BCUT2D eigenvalue weighted by molar-refractivity contribution is 5.87. The third-order valence-corrected chi connectivity index (χ3v) is 2.09. The van der Waals surface area contributed by atoms with E-state index in [9.17, 15) is 14.9 Å². The van der Waals surface area contributed by atoms with Crippen LogP contribution in [0, 0.1) is 21.4 Å². The van der Waals surface area contributed by atoms with Crippen LogP contribution in [0.2, 0.25) is 0 Å². The molecule has 0 aromatic heterocycles. The number of carbonyl (C=O) groups is 1. The predicted molar refractivity (Wildman–Crippen MR) is 61.0 cm³/mol. The number of nitrogens with zero attached hydrogens (tertiary/aromatic N) is 2. The van der Waals surface area contributed by atoms with Gasteiger partial charge in [-0.05, 0) is 12.1 Å². The molecule has 0 saturated carbocycles. The van der Waals surface area contributed by atoms with Gasteiger partial charge < -0.3 is 9.84 Å². The normalized spacial score (nSPS) is 10.0. The second-order valence-corrected chi connectivity index (χ2v) is 3.12. The van der Waals surface area contributed by atoms with Crippen molar-refractivity contribution in [3.63, 3.8) is 0 Å². The number of aliphatic carboxylic acids is 1. The molecule has 0 amide bonds. The number of hydrogen-bond acceptors (Lipinski definition) is 5. The molecule has 0 heterocycles. The summed E-state index contributed by atoms with van der Waals surface area (Å²) in [7, 11) is 1.21. The van der Waals surface area contributed by atoms with Crippen LogP contribution in [0.1, 0.15) is 11.1 Å². The summed E-state index contributed by atoms with van der Waals surface area (Å²) in [5.41, 5.74) is -0.173. The number of benzene rings is 1. The van der Waals surface area contributed by atoms with Crippen molar-refractivity contribution in [1.29, 1.82) is 5.26 Å². The minimum Gasteiger partial charge on any atom is -0.490 e. The molecule has 1 N–H and O–H groups in total. The van der Waals surface area contributed by atoms with E-state index >= 15 is 0 Å². The molecule has 0 atom stereocenters. The van der Waals surface area contributed by atoms with Gasteiger partial charge in [0.25, 0.3) is 0 Å². The van der Waals surface area contributed by atoms with Gasteiger partial charge in [0.1, 0.15) is 0 Å². The Morgan fingerprint density at radius 1 is 1.61 bits per heavy atom. The summed E-state index contributed by atoms with van der Waals surface area (Å²) in [4.78, 5) is 20.6. The Balaban J connectivity index is 3.52. The molecule has 18 heavy (non-hydrogen) atoms. The first-order valence-electron chi connectivity index (χ1n) is 4.67. The Bertz CT molecular complexity index is 572. The third-order valence-electron chi connectivity index (χ3n) is 2.09. The van der Waals surface area contributed by atoms with Crippen molar-refractivity contribution in [3.8, 4) is 11.8 Å². The maximum Gasteiger partial charge on any atom is 0.328 e. The van der Waals surface area contributed by atoms with Gasteiger partial charge in [-0.3, -0.25) is 10.1 Å². The molecule has 0 aliphatic heterocycles. The molecule has 1 aromatic carbocycles. The van der Waals surface area contributed by atoms with Crippen molar-refractivity contribution in [2.75, 3.05) is 7.11 Å². The van der Waals surface area contributed by atoms with E-state index in [1.807, 2.05) is 6.07 Å². The zero-order valence-electron chi connectivity index (χ0n) is 9.28. The van der Waals surface area contributed by atoms with E-state index < -0.39 is 10.9 Å². The van der Waals surface area contributed by atoms with Crippen molar-refractivity contribution in [3.05, 3.63) is 39.4 Å². The molecular weight excluding hydrogens is 240 g/mol. The number of nitro benzene ring substituents is 1. The molecule has 0 saturated heterocycles. The fraction of sp³-hybridized carbons (Fsp3) is 0.0909. The summed E-state index contributed by atoms with van der Waals surface area (Å²) in [5.74, 6) is -1.37. The molecule has 7 heteroatoms. The van der Waals surface area contributed by atoms with Gasteiger partial charge in [-0.1, -0.05) is 0 Å². The average molecular weight is 248 g/mol. The standard InChI is InChI=1S/C11H8N2O5/c1-18-11-8(3-5-10(14)15)7(6-12)2-4-9(11)13(16)17/h2-5H,1H3,(H,14,15)/b5-3+. The lowest BCUT2D eigenvalue weighted by Crippen LogP contribution is -1.98. The largest absolute Gasteiger partial charge is 0.490 e. The Kier molecular flexibility index (Phi) is 3.99. The van der Waals surface area contributed by atoms with Crippen LogP contribution in [-0.4, -0.2) is 23.1 Å². The van der Waals surface area contributed by atoms with Gasteiger partial charge in [-0.25, -0.2) is 4.79 Å². The molecule has 0 fully saturated rings. The molecule has 0 spiro atoms. The fourth-order valence-electron chi connectivity index (χ4n) is 1.36. The summed E-state index contributed by atoms with van der Waals surface area (Å²) >= 11 is 0. The third kappa shape index (κ3) is 2.62. The van der Waals surface area contributed by atoms with Crippen LogP contribution in [0.4, 0.5) is 5.69 Å². The molecule has 0 aliphatic carbocycles. The topological polar surface area (TPSA) is 113 Å². The van der Waals surface area contributed by atoms with Gasteiger partial charge in [0, 0.05) is 17.7 Å². The molecule has 0 radical (unpaired) electrons. The minimum absolute atomic E-state index is 0.0663. The fourth-order valence-corrected chi connectivity index (χ4v) is 1.36. The molecule has 1 aromatic rings. The lowest BCUT2D eigenvalue weighted by molar-refractivity contribution is -0.385. The predicted octanol–water partition coefficient (Wildman–Crippen LogP) is 1.57. The molecule has 0 unspecified atom stereocenters. The number of hydrogen-bond donors (Lipinski definition) is 1. The number of carboxylic acid groups (broad SMARTS) is 1. The van der Waals surface area contributed by atoms with Crippen LogP contribution in [0.5, 0.6) is 5.75 Å². The maximum absolute atomic E-state index is 10.8. The van der Waals surface area contributed by atoms with Crippen molar-refractivity contribution in [2.24, 2.45) is 0 Å². The van der Waals surface area contributed by atoms with Crippen molar-refractivity contribution in [1.82, 2.24) is 0 Å². The second kappa shape index (κ2) is 5.45. The first kappa shape index (κ1) is 13.2. The van der Waals surface area contributed by atoms with E-state index in [4.69, 9.17) is 15.1 Å². The average Bonchev–Trinajstić information content (AvgIpc) is 2.34. The SMILES string of the molecule is COc1c([N+](=O)[O-])ccc(C#N)c1/C=C/C(=O)O. The number of rotatable bonds is 4. The van der Waals surface area contributed by atoms with Crippen LogP contribution in [0.3, 0.4) is 0 Å². The Hall–Kier alpha value is -2.88. The summed E-state index contributed by atoms with van der Waals surface area (Å²) in [6.45, 7) is 0. The van der Waals surface area contributed by atoms with Gasteiger partial charge in [0.05, 0.1) is 23.7 Å². The van der Waals surface area contributed by atoms with E-state index in [0.29, 0.717) is 0 Å². The smallest absolute Gasteiger partial charge is 0.328 e. The minimum atomic E-state index is -1.23. The summed E-state index contributed by atoms with van der Waals surface area (Å²) in [6, 6.07) is 4.19. The lowest BCUT2D eigenvalue weighted by Gasteiger charge is -2.06. The van der Waals surface area contributed by atoms with Crippen LogP contribution in [-0.2, 0) is 4.79 Å². The van der Waals surface area contributed by atoms with Gasteiger partial charge in [-0.2, -0.15) is 5.26 Å². The number of methoxy groups -OCH3 is 1. The Morgan fingerprint density at radius 2 is 2.28 bits per heavy atom. The summed E-state index contributed by atoms with van der Waals surface area (Å²) in [5, 5.41) is 28.2. The molecule has 7 nitrogen and oxygen atoms in total. The van der Waals surface area contributed by atoms with E-state index in [-0.39, 0.29) is 22.6 Å².